The van der Waals surface area contributed by atoms with Crippen molar-refractivity contribution in [3.8, 4) is 5.75 Å². The third kappa shape index (κ3) is 5.18. The van der Waals surface area contributed by atoms with Crippen molar-refractivity contribution in [2.75, 3.05) is 18.5 Å². The van der Waals surface area contributed by atoms with Crippen LogP contribution in [0, 0.1) is 6.92 Å². The first kappa shape index (κ1) is 17.2. The molecule has 2 aromatic rings. The molecule has 0 fully saturated rings. The lowest BCUT2D eigenvalue weighted by Crippen LogP contribution is -2.10. The van der Waals surface area contributed by atoms with E-state index in [0.29, 0.717) is 29.4 Å². The molecule has 0 unspecified atom stereocenters. The summed E-state index contributed by atoms with van der Waals surface area (Å²) in [5.74, 6) is -0.114. The summed E-state index contributed by atoms with van der Waals surface area (Å²) in [5, 5.41) is 13.1. The standard InChI is InChI=1S/C18H20ClNO3/c1-13-5-4-6-16(18(21)22)17(13)20-11-2-3-12-23-15-9-7-14(19)8-10-15/h4-10,20H,2-3,11-12H2,1H3,(H,21,22). The lowest BCUT2D eigenvalue weighted by atomic mass is 10.1. The van der Waals surface area contributed by atoms with E-state index in [-0.39, 0.29) is 0 Å². The molecular formula is C18H20ClNO3. The van der Waals surface area contributed by atoms with E-state index in [1.165, 1.54) is 0 Å². The number of unbranched alkanes of at least 4 members (excludes halogenated alkanes) is 1. The zero-order chi connectivity index (χ0) is 16.7. The third-order valence-corrected chi connectivity index (χ3v) is 3.71. The van der Waals surface area contributed by atoms with Crippen LogP contribution in [0.5, 0.6) is 5.75 Å². The summed E-state index contributed by atoms with van der Waals surface area (Å²) in [6, 6.07) is 12.5. The normalized spacial score (nSPS) is 10.3. The third-order valence-electron chi connectivity index (χ3n) is 3.46. The quantitative estimate of drug-likeness (QED) is 0.692. The highest BCUT2D eigenvalue weighted by Crippen LogP contribution is 2.20. The van der Waals surface area contributed by atoms with Crippen LogP contribution in [0.2, 0.25) is 5.02 Å². The molecule has 0 aliphatic rings. The first-order valence-corrected chi connectivity index (χ1v) is 7.91. The van der Waals surface area contributed by atoms with Crippen LogP contribution in [0.1, 0.15) is 28.8 Å². The predicted molar refractivity (Wildman–Crippen MR) is 92.8 cm³/mol. The van der Waals surface area contributed by atoms with Gasteiger partial charge in [0.15, 0.2) is 0 Å². The Labute approximate surface area is 141 Å². The minimum atomic E-state index is -0.915. The number of carbonyl (C=O) groups is 1. The van der Waals surface area contributed by atoms with Gasteiger partial charge < -0.3 is 15.2 Å². The van der Waals surface area contributed by atoms with E-state index in [9.17, 15) is 9.90 Å². The number of aromatic carboxylic acids is 1. The van der Waals surface area contributed by atoms with Crippen LogP contribution >= 0.6 is 11.6 Å². The Morgan fingerprint density at radius 1 is 1.17 bits per heavy atom. The Bertz CT molecular complexity index is 656. The molecule has 0 saturated carbocycles. The number of anilines is 1. The van der Waals surface area contributed by atoms with Crippen molar-refractivity contribution in [2.24, 2.45) is 0 Å². The van der Waals surface area contributed by atoms with Crippen molar-refractivity contribution < 1.29 is 14.6 Å². The number of carboxylic acids is 1. The maximum Gasteiger partial charge on any atom is 0.337 e. The smallest absolute Gasteiger partial charge is 0.337 e. The van der Waals surface area contributed by atoms with Crippen LogP contribution < -0.4 is 10.1 Å². The minimum absolute atomic E-state index is 0.308. The molecule has 0 aromatic heterocycles. The average Bonchev–Trinajstić information content (AvgIpc) is 2.53. The van der Waals surface area contributed by atoms with Crippen LogP contribution in [-0.4, -0.2) is 24.2 Å². The van der Waals surface area contributed by atoms with Gasteiger partial charge in [-0.2, -0.15) is 0 Å². The maximum absolute atomic E-state index is 11.2. The first-order valence-electron chi connectivity index (χ1n) is 7.53. The lowest BCUT2D eigenvalue weighted by Gasteiger charge is -2.12. The number of hydrogen-bond donors (Lipinski definition) is 2. The average molecular weight is 334 g/mol. The number of benzene rings is 2. The van der Waals surface area contributed by atoms with Crippen LogP contribution in [0.25, 0.3) is 0 Å². The first-order chi connectivity index (χ1) is 11.1. The second-order valence-corrected chi connectivity index (χ2v) is 5.68. The predicted octanol–water partition coefficient (Wildman–Crippen LogP) is 4.62. The van der Waals surface area contributed by atoms with Crippen molar-refractivity contribution in [3.63, 3.8) is 0 Å². The molecule has 4 nitrogen and oxygen atoms in total. The highest BCUT2D eigenvalue weighted by molar-refractivity contribution is 6.30. The number of halogens is 1. The van der Waals surface area contributed by atoms with E-state index in [0.717, 1.165) is 24.2 Å². The number of aryl methyl sites for hydroxylation is 1. The molecule has 0 amide bonds. The van der Waals surface area contributed by atoms with Gasteiger partial charge in [-0.25, -0.2) is 4.79 Å². The zero-order valence-electron chi connectivity index (χ0n) is 13.0. The van der Waals surface area contributed by atoms with E-state index >= 15 is 0 Å². The minimum Gasteiger partial charge on any atom is -0.494 e. The van der Waals surface area contributed by atoms with Crippen LogP contribution in [0.15, 0.2) is 42.5 Å². The second-order valence-electron chi connectivity index (χ2n) is 5.24. The zero-order valence-corrected chi connectivity index (χ0v) is 13.8. The lowest BCUT2D eigenvalue weighted by molar-refractivity contribution is 0.0698. The molecule has 0 atom stereocenters. The molecule has 23 heavy (non-hydrogen) atoms. The van der Waals surface area contributed by atoms with Crippen molar-refractivity contribution >= 4 is 23.3 Å². The molecular weight excluding hydrogens is 314 g/mol. The van der Waals surface area contributed by atoms with Gasteiger partial charge in [-0.05, 0) is 55.7 Å². The summed E-state index contributed by atoms with van der Waals surface area (Å²) in [4.78, 5) is 11.2. The van der Waals surface area contributed by atoms with E-state index < -0.39 is 5.97 Å². The molecule has 0 radical (unpaired) electrons. The van der Waals surface area contributed by atoms with Gasteiger partial charge in [0, 0.05) is 11.6 Å². The molecule has 0 heterocycles. The van der Waals surface area contributed by atoms with E-state index in [1.54, 1.807) is 24.3 Å². The Hall–Kier alpha value is -2.20. The van der Waals surface area contributed by atoms with Gasteiger partial charge in [0.2, 0.25) is 0 Å². The van der Waals surface area contributed by atoms with Crippen molar-refractivity contribution in [1.29, 1.82) is 0 Å². The van der Waals surface area contributed by atoms with Gasteiger partial charge in [-0.15, -0.1) is 0 Å². The fourth-order valence-corrected chi connectivity index (χ4v) is 2.37. The SMILES string of the molecule is Cc1cccc(C(=O)O)c1NCCCCOc1ccc(Cl)cc1. The van der Waals surface area contributed by atoms with Gasteiger partial charge in [-0.1, -0.05) is 23.7 Å². The van der Waals surface area contributed by atoms with Crippen LogP contribution in [0.3, 0.4) is 0 Å². The fraction of sp³-hybridized carbons (Fsp3) is 0.278. The number of carboxylic acid groups (broad SMARTS) is 1. The van der Waals surface area contributed by atoms with Crippen molar-refractivity contribution in [2.45, 2.75) is 19.8 Å². The summed E-state index contributed by atoms with van der Waals surface area (Å²) >= 11 is 5.81. The topological polar surface area (TPSA) is 58.6 Å². The number of ether oxygens (including phenoxy) is 1. The summed E-state index contributed by atoms with van der Waals surface area (Å²) in [6.45, 7) is 3.22. The van der Waals surface area contributed by atoms with E-state index in [4.69, 9.17) is 16.3 Å². The second kappa shape index (κ2) is 8.44. The maximum atomic E-state index is 11.2. The van der Waals surface area contributed by atoms with E-state index in [1.807, 2.05) is 25.1 Å². The molecule has 0 saturated heterocycles. The summed E-state index contributed by atoms with van der Waals surface area (Å²) in [6.07, 6.45) is 1.77. The number of para-hydroxylation sites is 1. The number of nitrogens with one attached hydrogen (secondary N) is 1. The Morgan fingerprint density at radius 2 is 1.91 bits per heavy atom. The monoisotopic (exact) mass is 333 g/mol. The van der Waals surface area contributed by atoms with Gasteiger partial charge >= 0.3 is 5.97 Å². The molecule has 0 aliphatic carbocycles. The van der Waals surface area contributed by atoms with Crippen molar-refractivity contribution in [1.82, 2.24) is 0 Å². The number of hydrogen-bond acceptors (Lipinski definition) is 3. The Kier molecular flexibility index (Phi) is 6.29. The fourth-order valence-electron chi connectivity index (χ4n) is 2.24. The molecule has 0 bridgehead atoms. The van der Waals surface area contributed by atoms with Crippen molar-refractivity contribution in [3.05, 3.63) is 58.6 Å². The number of rotatable bonds is 8. The van der Waals surface area contributed by atoms with Gasteiger partial charge in [0.25, 0.3) is 0 Å². The molecule has 5 heteroatoms. The molecule has 2 aromatic carbocycles. The molecule has 2 N–H and O–H groups in total. The van der Waals surface area contributed by atoms with Gasteiger partial charge in [0.1, 0.15) is 5.75 Å². The highest BCUT2D eigenvalue weighted by Gasteiger charge is 2.10. The molecule has 0 aliphatic heterocycles. The molecule has 0 spiro atoms. The molecule has 2 rings (SSSR count). The summed E-state index contributed by atoms with van der Waals surface area (Å²) in [7, 11) is 0. The summed E-state index contributed by atoms with van der Waals surface area (Å²) < 4.78 is 5.62. The molecule has 122 valence electrons. The Morgan fingerprint density at radius 3 is 2.61 bits per heavy atom. The van der Waals surface area contributed by atoms with E-state index in [2.05, 4.69) is 5.32 Å². The Balaban J connectivity index is 1.74. The highest BCUT2D eigenvalue weighted by atomic mass is 35.5. The van der Waals surface area contributed by atoms with Crippen LogP contribution in [-0.2, 0) is 0 Å². The van der Waals surface area contributed by atoms with Crippen LogP contribution in [0.4, 0.5) is 5.69 Å². The van der Waals surface area contributed by atoms with Gasteiger partial charge in [0.05, 0.1) is 17.9 Å². The van der Waals surface area contributed by atoms with Gasteiger partial charge in [-0.3, -0.25) is 0 Å². The largest absolute Gasteiger partial charge is 0.494 e. The summed E-state index contributed by atoms with van der Waals surface area (Å²) in [5.41, 5.74) is 1.93.